The minimum atomic E-state index is -0.373. The van der Waals surface area contributed by atoms with Crippen LogP contribution in [0, 0.1) is 11.3 Å². The van der Waals surface area contributed by atoms with E-state index in [0.717, 1.165) is 56.6 Å². The highest BCUT2D eigenvalue weighted by atomic mass is 16.2. The smallest absolute Gasteiger partial charge is 0.316 e. The van der Waals surface area contributed by atoms with Gasteiger partial charge in [0.15, 0.2) is 0 Å². The highest BCUT2D eigenvalue weighted by Crippen LogP contribution is 2.23. The third-order valence-corrected chi connectivity index (χ3v) is 5.61. The van der Waals surface area contributed by atoms with Crippen LogP contribution in [0.5, 0.6) is 0 Å². The molecule has 1 aromatic heterocycles. The summed E-state index contributed by atoms with van der Waals surface area (Å²) in [4.78, 5) is 12.7. The van der Waals surface area contributed by atoms with Crippen LogP contribution in [0.15, 0.2) is 48.5 Å². The summed E-state index contributed by atoms with van der Waals surface area (Å²) in [6.45, 7) is 4.11. The van der Waals surface area contributed by atoms with Crippen molar-refractivity contribution in [3.63, 3.8) is 0 Å². The van der Waals surface area contributed by atoms with Crippen LogP contribution in [-0.2, 0) is 19.3 Å². The first-order valence-electron chi connectivity index (χ1n) is 11.2. The second kappa shape index (κ2) is 10.1. The Morgan fingerprint density at radius 2 is 1.97 bits per heavy atom. The minimum Gasteiger partial charge on any atom is -0.316 e. The number of nitrogens with zero attached hydrogens (tertiary/aromatic N) is 3. The Bertz CT molecular complexity index is 1140. The third-order valence-electron chi connectivity index (χ3n) is 5.61. The molecule has 164 valence electrons. The molecule has 1 aliphatic heterocycles. The van der Waals surface area contributed by atoms with E-state index < -0.39 is 0 Å². The molecular weight excluding hydrogens is 400 g/mol. The number of fused-ring (bicyclic) bond motifs is 1. The molecule has 0 spiro atoms. The van der Waals surface area contributed by atoms with Crippen molar-refractivity contribution in [2.45, 2.75) is 39.0 Å². The van der Waals surface area contributed by atoms with Gasteiger partial charge < -0.3 is 10.6 Å². The number of unbranched alkanes of at least 4 members (excludes halogenated alkanes) is 1. The number of anilines is 2. The maximum absolute atomic E-state index is 12.7. The zero-order chi connectivity index (χ0) is 22.3. The molecule has 3 aromatic rings. The number of amides is 2. The maximum atomic E-state index is 12.7. The summed E-state index contributed by atoms with van der Waals surface area (Å²) < 4.78 is 1.81. The molecule has 0 fully saturated rings. The van der Waals surface area contributed by atoms with Crippen molar-refractivity contribution < 1.29 is 4.79 Å². The Balaban J connectivity index is 1.60. The number of carbonyl (C=O) groups excluding carboxylic acids is 1. The number of rotatable bonds is 6. The van der Waals surface area contributed by atoms with Gasteiger partial charge in [0.2, 0.25) is 0 Å². The van der Waals surface area contributed by atoms with Crippen molar-refractivity contribution in [2.24, 2.45) is 0 Å². The van der Waals surface area contributed by atoms with Gasteiger partial charge in [0.25, 0.3) is 0 Å². The van der Waals surface area contributed by atoms with Crippen molar-refractivity contribution in [3.8, 4) is 11.8 Å². The van der Waals surface area contributed by atoms with E-state index in [-0.39, 0.29) is 6.03 Å². The van der Waals surface area contributed by atoms with Crippen LogP contribution in [0.25, 0.3) is 5.69 Å². The molecule has 2 heterocycles. The predicted octanol–water partition coefficient (Wildman–Crippen LogP) is 4.42. The highest BCUT2D eigenvalue weighted by molar-refractivity contribution is 5.99. The van der Waals surface area contributed by atoms with E-state index in [1.54, 1.807) is 24.3 Å². The number of carbonyl (C=O) groups is 1. The summed E-state index contributed by atoms with van der Waals surface area (Å²) >= 11 is 0. The minimum absolute atomic E-state index is 0.373. The van der Waals surface area contributed by atoms with E-state index >= 15 is 0 Å². The summed E-state index contributed by atoms with van der Waals surface area (Å²) in [5, 5.41) is 23.1. The molecule has 0 unspecified atom stereocenters. The molecule has 1 aliphatic rings. The Labute approximate surface area is 188 Å². The number of aryl methyl sites for hydroxylation is 1. The lowest BCUT2D eigenvalue weighted by atomic mass is 10.0. The van der Waals surface area contributed by atoms with Crippen LogP contribution in [0.2, 0.25) is 0 Å². The molecule has 0 radical (unpaired) electrons. The van der Waals surface area contributed by atoms with Crippen molar-refractivity contribution in [3.05, 3.63) is 70.9 Å². The fourth-order valence-corrected chi connectivity index (χ4v) is 3.93. The first-order valence-corrected chi connectivity index (χ1v) is 11.2. The molecule has 0 saturated heterocycles. The molecule has 0 bridgehead atoms. The van der Waals surface area contributed by atoms with E-state index in [0.29, 0.717) is 17.1 Å². The Morgan fingerprint density at radius 3 is 2.78 bits per heavy atom. The standard InChI is InChI=1S/C25H28N6O/c1-2-3-6-22-16-24(29-25(32)28-21-7-4-5-18(14-21)17-26)31(30-22)23-9-8-19-10-12-27-13-11-20(19)15-23/h4-5,7-9,14-16,27H,2-3,6,10-13H2,1H3,(H2,28,29,32). The maximum Gasteiger partial charge on any atom is 0.324 e. The zero-order valence-electron chi connectivity index (χ0n) is 18.3. The molecule has 3 N–H and O–H groups in total. The molecule has 4 rings (SSSR count). The summed E-state index contributed by atoms with van der Waals surface area (Å²) in [7, 11) is 0. The Kier molecular flexibility index (Phi) is 6.83. The number of nitrogens with one attached hydrogen (secondary N) is 3. The topological polar surface area (TPSA) is 94.8 Å². The first-order chi connectivity index (χ1) is 15.7. The van der Waals surface area contributed by atoms with Crippen LogP contribution in [0.4, 0.5) is 16.3 Å². The summed E-state index contributed by atoms with van der Waals surface area (Å²) in [6.07, 6.45) is 4.98. The molecule has 2 amide bonds. The van der Waals surface area contributed by atoms with Gasteiger partial charge in [-0.15, -0.1) is 0 Å². The number of urea groups is 1. The molecule has 0 saturated carbocycles. The molecule has 7 nitrogen and oxygen atoms in total. The van der Waals surface area contributed by atoms with E-state index in [9.17, 15) is 4.79 Å². The Hall–Kier alpha value is -3.63. The summed E-state index contributed by atoms with van der Waals surface area (Å²) in [5.74, 6) is 0.622. The average molecular weight is 429 g/mol. The molecule has 7 heteroatoms. The lowest BCUT2D eigenvalue weighted by molar-refractivity contribution is 0.262. The van der Waals surface area contributed by atoms with Crippen molar-refractivity contribution in [2.75, 3.05) is 23.7 Å². The van der Waals surface area contributed by atoms with E-state index in [2.05, 4.69) is 47.1 Å². The van der Waals surface area contributed by atoms with Gasteiger partial charge in [0.1, 0.15) is 5.82 Å². The monoisotopic (exact) mass is 428 g/mol. The molecule has 0 atom stereocenters. The second-order valence-electron chi connectivity index (χ2n) is 8.01. The first kappa shape index (κ1) is 21.6. The number of benzene rings is 2. The van der Waals surface area contributed by atoms with Crippen LogP contribution < -0.4 is 16.0 Å². The normalized spacial score (nSPS) is 13.0. The van der Waals surface area contributed by atoms with Crippen molar-refractivity contribution in [1.82, 2.24) is 15.1 Å². The SMILES string of the molecule is CCCCc1cc(NC(=O)Nc2cccc(C#N)c2)n(-c2ccc3c(c2)CCNCC3)n1. The van der Waals surface area contributed by atoms with Crippen LogP contribution in [-0.4, -0.2) is 28.9 Å². The van der Waals surface area contributed by atoms with E-state index in [1.807, 2.05) is 10.7 Å². The zero-order valence-corrected chi connectivity index (χ0v) is 18.3. The largest absolute Gasteiger partial charge is 0.324 e. The van der Waals surface area contributed by atoms with Crippen molar-refractivity contribution >= 4 is 17.5 Å². The van der Waals surface area contributed by atoms with Gasteiger partial charge in [0.05, 0.1) is 23.0 Å². The van der Waals surface area contributed by atoms with Gasteiger partial charge in [-0.05, 0) is 80.2 Å². The molecule has 0 aliphatic carbocycles. The summed E-state index contributed by atoms with van der Waals surface area (Å²) in [5.41, 5.74) is 5.63. The van der Waals surface area contributed by atoms with Gasteiger partial charge in [-0.1, -0.05) is 25.5 Å². The van der Waals surface area contributed by atoms with Crippen molar-refractivity contribution in [1.29, 1.82) is 5.26 Å². The van der Waals surface area contributed by atoms with Gasteiger partial charge in [-0.3, -0.25) is 5.32 Å². The number of aromatic nitrogens is 2. The fourth-order valence-electron chi connectivity index (χ4n) is 3.93. The average Bonchev–Trinajstić information content (AvgIpc) is 3.04. The van der Waals surface area contributed by atoms with Crippen LogP contribution >= 0.6 is 0 Å². The summed E-state index contributed by atoms with van der Waals surface area (Å²) in [6, 6.07) is 16.9. The quantitative estimate of drug-likeness (QED) is 0.542. The predicted molar refractivity (Wildman–Crippen MR) is 126 cm³/mol. The van der Waals surface area contributed by atoms with Gasteiger partial charge >= 0.3 is 6.03 Å². The van der Waals surface area contributed by atoms with Crippen LogP contribution in [0.1, 0.15) is 42.1 Å². The number of hydrogen-bond acceptors (Lipinski definition) is 4. The third kappa shape index (κ3) is 5.16. The molecule has 32 heavy (non-hydrogen) atoms. The second-order valence-corrected chi connectivity index (χ2v) is 8.01. The number of nitriles is 1. The molecule has 2 aromatic carbocycles. The fraction of sp³-hybridized carbons (Fsp3) is 0.320. The van der Waals surface area contributed by atoms with E-state index in [1.165, 1.54) is 11.1 Å². The Morgan fingerprint density at radius 1 is 1.12 bits per heavy atom. The number of hydrogen-bond donors (Lipinski definition) is 3. The van der Waals surface area contributed by atoms with E-state index in [4.69, 9.17) is 10.4 Å². The highest BCUT2D eigenvalue weighted by Gasteiger charge is 2.15. The lowest BCUT2D eigenvalue weighted by Crippen LogP contribution is -2.21. The van der Waals surface area contributed by atoms with Gasteiger partial charge in [-0.25, -0.2) is 9.48 Å². The molecular formula is C25H28N6O. The van der Waals surface area contributed by atoms with Crippen LogP contribution in [0.3, 0.4) is 0 Å². The van der Waals surface area contributed by atoms with Gasteiger partial charge in [0, 0.05) is 11.8 Å². The van der Waals surface area contributed by atoms with Gasteiger partial charge in [-0.2, -0.15) is 10.4 Å². The lowest BCUT2D eigenvalue weighted by Gasteiger charge is -2.12.